The first kappa shape index (κ1) is 27.0. The summed E-state index contributed by atoms with van der Waals surface area (Å²) in [5.74, 6) is 1.86. The molecule has 0 fully saturated rings. The molecule has 1 amide bonds. The van der Waals surface area contributed by atoms with Gasteiger partial charge in [0, 0.05) is 10.8 Å². The summed E-state index contributed by atoms with van der Waals surface area (Å²) in [5.41, 5.74) is 5.40. The second kappa shape index (κ2) is 14.0. The van der Waals surface area contributed by atoms with Crippen molar-refractivity contribution < 1.29 is 14.3 Å². The molecule has 0 spiro atoms. The maximum Gasteiger partial charge on any atom is 0.250 e. The molecule has 7 nitrogen and oxygen atoms in total. The van der Waals surface area contributed by atoms with Crippen molar-refractivity contribution in [3.63, 3.8) is 0 Å². The fourth-order valence-electron chi connectivity index (χ4n) is 3.03. The highest BCUT2D eigenvalue weighted by molar-refractivity contribution is 8.03. The van der Waals surface area contributed by atoms with Crippen LogP contribution < -0.4 is 14.9 Å². The molecule has 0 saturated heterocycles. The number of carbonyl (C=O) groups is 1. The Kier molecular flexibility index (Phi) is 10.2. The SMILES string of the molecule is COc1ccc(C=NNC(=O)CSc2nnc(SCc3ccccc3Cl)s2)cc1OCc1ccccc1. The first-order valence-corrected chi connectivity index (χ1v) is 14.3. The van der Waals surface area contributed by atoms with Gasteiger partial charge in [0.15, 0.2) is 20.2 Å². The van der Waals surface area contributed by atoms with Crippen molar-refractivity contribution >= 4 is 58.6 Å². The number of aromatic nitrogens is 2. The number of rotatable bonds is 12. The number of ether oxygens (including phenoxy) is 2. The van der Waals surface area contributed by atoms with Crippen LogP contribution in [0.3, 0.4) is 0 Å². The number of amides is 1. The van der Waals surface area contributed by atoms with Crippen molar-refractivity contribution in [3.8, 4) is 11.5 Å². The predicted molar refractivity (Wildman–Crippen MR) is 151 cm³/mol. The summed E-state index contributed by atoms with van der Waals surface area (Å²) < 4.78 is 12.9. The first-order valence-electron chi connectivity index (χ1n) is 11.1. The normalized spacial score (nSPS) is 11.0. The van der Waals surface area contributed by atoms with Gasteiger partial charge in [-0.2, -0.15) is 5.10 Å². The van der Waals surface area contributed by atoms with Gasteiger partial charge in [-0.15, -0.1) is 10.2 Å². The lowest BCUT2D eigenvalue weighted by molar-refractivity contribution is -0.118. The van der Waals surface area contributed by atoms with Crippen LogP contribution in [0, 0.1) is 0 Å². The minimum Gasteiger partial charge on any atom is -0.493 e. The molecule has 190 valence electrons. The van der Waals surface area contributed by atoms with E-state index in [1.165, 1.54) is 23.1 Å². The van der Waals surface area contributed by atoms with E-state index >= 15 is 0 Å². The molecule has 0 radical (unpaired) electrons. The van der Waals surface area contributed by atoms with Crippen molar-refractivity contribution in [2.45, 2.75) is 21.0 Å². The van der Waals surface area contributed by atoms with Crippen molar-refractivity contribution in [2.24, 2.45) is 5.10 Å². The molecular formula is C26H23ClN4O3S3. The fraction of sp³-hybridized carbons (Fsp3) is 0.154. The smallest absolute Gasteiger partial charge is 0.250 e. The van der Waals surface area contributed by atoms with Crippen LogP contribution >= 0.6 is 46.5 Å². The Morgan fingerprint density at radius 1 is 1.03 bits per heavy atom. The molecule has 11 heteroatoms. The summed E-state index contributed by atoms with van der Waals surface area (Å²) in [6.07, 6.45) is 1.56. The number of nitrogens with zero attached hydrogens (tertiary/aromatic N) is 3. The van der Waals surface area contributed by atoms with E-state index in [0.29, 0.717) is 23.9 Å². The van der Waals surface area contributed by atoms with Gasteiger partial charge in [-0.25, -0.2) is 5.43 Å². The summed E-state index contributed by atoms with van der Waals surface area (Å²) in [7, 11) is 1.59. The van der Waals surface area contributed by atoms with Gasteiger partial charge < -0.3 is 9.47 Å². The van der Waals surface area contributed by atoms with Crippen LogP contribution in [0.1, 0.15) is 16.7 Å². The van der Waals surface area contributed by atoms with Crippen LogP contribution in [-0.2, 0) is 17.2 Å². The lowest BCUT2D eigenvalue weighted by Gasteiger charge is -2.11. The third kappa shape index (κ3) is 8.50. The van der Waals surface area contributed by atoms with E-state index in [4.69, 9.17) is 21.1 Å². The van der Waals surface area contributed by atoms with Crippen LogP contribution in [0.15, 0.2) is 86.6 Å². The molecule has 0 aliphatic rings. The average molecular weight is 571 g/mol. The minimum absolute atomic E-state index is 0.176. The summed E-state index contributed by atoms with van der Waals surface area (Å²) in [5, 5.41) is 13.1. The van der Waals surface area contributed by atoms with Gasteiger partial charge in [-0.05, 0) is 41.0 Å². The fourth-order valence-corrected chi connectivity index (χ4v) is 6.13. The number of halogens is 1. The standard InChI is InChI=1S/C26H23ClN4O3S3/c1-33-22-12-11-19(13-23(22)34-15-18-7-3-2-4-8-18)14-28-29-24(32)17-36-26-31-30-25(37-26)35-16-20-9-5-6-10-21(20)27/h2-14H,15-17H2,1H3,(H,29,32). The van der Waals surface area contributed by atoms with Crippen LogP contribution in [0.25, 0.3) is 0 Å². The van der Waals surface area contributed by atoms with Gasteiger partial charge in [-0.3, -0.25) is 4.79 Å². The Bertz CT molecular complexity index is 1350. The second-order valence-electron chi connectivity index (χ2n) is 7.48. The summed E-state index contributed by atoms with van der Waals surface area (Å²) in [4.78, 5) is 12.2. The van der Waals surface area contributed by atoms with Gasteiger partial charge in [0.25, 0.3) is 5.91 Å². The lowest BCUT2D eigenvalue weighted by atomic mass is 10.2. The highest BCUT2D eigenvalue weighted by Crippen LogP contribution is 2.32. The van der Waals surface area contributed by atoms with Crippen molar-refractivity contribution in [2.75, 3.05) is 12.9 Å². The molecule has 1 heterocycles. The number of thioether (sulfide) groups is 2. The zero-order valence-electron chi connectivity index (χ0n) is 19.8. The number of benzene rings is 3. The Morgan fingerprint density at radius 3 is 2.57 bits per heavy atom. The quantitative estimate of drug-likeness (QED) is 0.121. The maximum atomic E-state index is 12.2. The molecule has 3 aromatic carbocycles. The largest absolute Gasteiger partial charge is 0.493 e. The van der Waals surface area contributed by atoms with E-state index in [-0.39, 0.29) is 11.7 Å². The zero-order valence-corrected chi connectivity index (χ0v) is 23.0. The molecule has 0 aliphatic carbocycles. The van der Waals surface area contributed by atoms with E-state index < -0.39 is 0 Å². The topological polar surface area (TPSA) is 85.7 Å². The van der Waals surface area contributed by atoms with E-state index in [9.17, 15) is 4.79 Å². The molecule has 0 atom stereocenters. The zero-order chi connectivity index (χ0) is 25.9. The molecule has 37 heavy (non-hydrogen) atoms. The number of methoxy groups -OCH3 is 1. The molecular weight excluding hydrogens is 548 g/mol. The molecule has 1 N–H and O–H groups in total. The Morgan fingerprint density at radius 2 is 1.78 bits per heavy atom. The number of hydrazone groups is 1. The van der Waals surface area contributed by atoms with E-state index in [1.807, 2.05) is 66.7 Å². The van der Waals surface area contributed by atoms with Gasteiger partial charge in [0.2, 0.25) is 0 Å². The number of hydrogen-bond donors (Lipinski definition) is 1. The third-order valence-corrected chi connectivity index (χ3v) is 8.46. The van der Waals surface area contributed by atoms with Crippen LogP contribution in [0.4, 0.5) is 0 Å². The number of nitrogens with one attached hydrogen (secondary N) is 1. The first-order chi connectivity index (χ1) is 18.1. The molecule has 1 aromatic heterocycles. The molecule has 0 unspecified atom stereocenters. The molecule has 0 aliphatic heterocycles. The molecule has 0 saturated carbocycles. The minimum atomic E-state index is -0.240. The third-order valence-electron chi connectivity index (χ3n) is 4.85. The van der Waals surface area contributed by atoms with E-state index in [1.54, 1.807) is 31.2 Å². The molecule has 0 bridgehead atoms. The Balaban J connectivity index is 1.23. The second-order valence-corrected chi connectivity index (χ2v) is 11.3. The van der Waals surface area contributed by atoms with Gasteiger partial charge in [0.05, 0.1) is 19.1 Å². The van der Waals surface area contributed by atoms with Crippen LogP contribution in [0.2, 0.25) is 5.02 Å². The highest BCUT2D eigenvalue weighted by Gasteiger charge is 2.10. The highest BCUT2D eigenvalue weighted by atomic mass is 35.5. The number of hydrogen-bond acceptors (Lipinski definition) is 9. The summed E-state index contributed by atoms with van der Waals surface area (Å²) in [6.45, 7) is 0.414. The average Bonchev–Trinajstić information content (AvgIpc) is 3.39. The van der Waals surface area contributed by atoms with Crippen LogP contribution in [-0.4, -0.2) is 35.2 Å². The summed E-state index contributed by atoms with van der Waals surface area (Å²) in [6, 6.07) is 23.0. The maximum absolute atomic E-state index is 12.2. The molecule has 4 rings (SSSR count). The summed E-state index contributed by atoms with van der Waals surface area (Å²) >= 11 is 10.5. The number of carbonyl (C=O) groups excluding carboxylic acids is 1. The predicted octanol–water partition coefficient (Wildman–Crippen LogP) is 6.31. The van der Waals surface area contributed by atoms with Gasteiger partial charge in [0.1, 0.15) is 6.61 Å². The Labute approximate surface area is 232 Å². The van der Waals surface area contributed by atoms with Gasteiger partial charge >= 0.3 is 0 Å². The lowest BCUT2D eigenvalue weighted by Crippen LogP contribution is -2.19. The molecule has 4 aromatic rings. The van der Waals surface area contributed by atoms with Crippen molar-refractivity contribution in [3.05, 3.63) is 94.5 Å². The van der Waals surface area contributed by atoms with Crippen molar-refractivity contribution in [1.29, 1.82) is 0 Å². The monoisotopic (exact) mass is 570 g/mol. The van der Waals surface area contributed by atoms with E-state index in [2.05, 4.69) is 20.7 Å². The van der Waals surface area contributed by atoms with Gasteiger partial charge in [-0.1, -0.05) is 95.0 Å². The van der Waals surface area contributed by atoms with Crippen LogP contribution in [0.5, 0.6) is 11.5 Å². The Hall–Kier alpha value is -3.05. The van der Waals surface area contributed by atoms with E-state index in [0.717, 1.165) is 30.4 Å². The van der Waals surface area contributed by atoms with Crippen molar-refractivity contribution in [1.82, 2.24) is 15.6 Å².